The van der Waals surface area contributed by atoms with Gasteiger partial charge in [0.05, 0.1) is 0 Å². The van der Waals surface area contributed by atoms with Crippen molar-refractivity contribution in [3.05, 3.63) is 6.92 Å². The van der Waals surface area contributed by atoms with Crippen LogP contribution in [0.25, 0.3) is 0 Å². The zero-order valence-corrected chi connectivity index (χ0v) is 35.8. The highest BCUT2D eigenvalue weighted by Crippen LogP contribution is 2.24. The Kier molecular flexibility index (Phi) is 47.0. The maximum Gasteiger partial charge on any atom is -0.0414 e. The minimum atomic E-state index is 0.993. The smallest absolute Gasteiger partial charge is 0.0414 e. The lowest BCUT2D eigenvalue weighted by molar-refractivity contribution is 0.372. The van der Waals surface area contributed by atoms with Gasteiger partial charge < -0.3 is 0 Å². The molecule has 0 heteroatoms. The van der Waals surface area contributed by atoms with Crippen molar-refractivity contribution in [1.82, 2.24) is 0 Å². The van der Waals surface area contributed by atoms with E-state index in [1.54, 1.807) is 0 Å². The fourth-order valence-corrected chi connectivity index (χ4v) is 8.42. The van der Waals surface area contributed by atoms with E-state index in [-0.39, 0.29) is 0 Å². The Labute approximate surface area is 321 Å². The van der Waals surface area contributed by atoms with Crippen molar-refractivity contribution < 1.29 is 0 Å². The first kappa shape index (κ1) is 50.0. The average Bonchev–Trinajstić information content (AvgIpc) is 3.13. The summed E-state index contributed by atoms with van der Waals surface area (Å²) in [6.45, 7) is 8.76. The Morgan fingerprint density at radius 2 is 0.380 bits per heavy atom. The van der Waals surface area contributed by atoms with Crippen molar-refractivity contribution in [2.75, 3.05) is 0 Å². The van der Waals surface area contributed by atoms with Crippen LogP contribution in [0.5, 0.6) is 0 Å². The lowest BCUT2D eigenvalue weighted by Crippen LogP contribution is -2.01. The van der Waals surface area contributed by atoms with Gasteiger partial charge in [0.2, 0.25) is 0 Å². The Hall–Kier alpha value is 0. The molecule has 1 unspecified atom stereocenters. The highest BCUT2D eigenvalue weighted by atomic mass is 14.1. The lowest BCUT2D eigenvalue weighted by atomic mass is 9.90. The van der Waals surface area contributed by atoms with Crippen molar-refractivity contribution in [3.63, 3.8) is 0 Å². The molecule has 0 rings (SSSR count). The van der Waals surface area contributed by atoms with Gasteiger partial charge in [0.1, 0.15) is 0 Å². The first-order valence-electron chi connectivity index (χ1n) is 24.6. The van der Waals surface area contributed by atoms with Crippen LogP contribution in [0.1, 0.15) is 309 Å². The van der Waals surface area contributed by atoms with Gasteiger partial charge in [-0.2, -0.15) is 0 Å². The molecule has 0 saturated heterocycles. The molecule has 0 saturated carbocycles. The average molecular weight is 702 g/mol. The summed E-state index contributed by atoms with van der Waals surface area (Å²) in [5.41, 5.74) is 0. The Balaban J connectivity index is 3.40. The molecule has 0 aliphatic rings. The van der Waals surface area contributed by atoms with E-state index >= 15 is 0 Å². The van der Waals surface area contributed by atoms with Crippen LogP contribution in [0.4, 0.5) is 0 Å². The first-order valence-corrected chi connectivity index (χ1v) is 24.6. The summed E-state index contributed by atoms with van der Waals surface area (Å²) >= 11 is 0. The molecule has 0 amide bonds. The second-order valence-corrected chi connectivity index (χ2v) is 17.2. The minimum Gasteiger partial charge on any atom is -0.0654 e. The van der Waals surface area contributed by atoms with Crippen LogP contribution in [0.15, 0.2) is 0 Å². The van der Waals surface area contributed by atoms with E-state index in [1.165, 1.54) is 289 Å². The van der Waals surface area contributed by atoms with Crippen molar-refractivity contribution in [2.45, 2.75) is 309 Å². The van der Waals surface area contributed by atoms with E-state index in [1.807, 2.05) is 0 Å². The summed E-state index contributed by atoms with van der Waals surface area (Å²) in [6.07, 6.45) is 67.6. The molecule has 0 nitrogen and oxygen atoms in total. The second-order valence-electron chi connectivity index (χ2n) is 17.2. The van der Waals surface area contributed by atoms with E-state index in [4.69, 9.17) is 0 Å². The van der Waals surface area contributed by atoms with E-state index in [2.05, 4.69) is 20.8 Å². The summed E-state index contributed by atoms with van der Waals surface area (Å²) in [5.74, 6) is 0.993. The molecule has 0 aromatic carbocycles. The fourth-order valence-electron chi connectivity index (χ4n) is 8.42. The molecule has 0 aliphatic carbocycles. The van der Waals surface area contributed by atoms with Crippen molar-refractivity contribution in [1.29, 1.82) is 0 Å². The zero-order chi connectivity index (χ0) is 36.1. The van der Waals surface area contributed by atoms with E-state index in [0.29, 0.717) is 0 Å². The van der Waals surface area contributed by atoms with Gasteiger partial charge >= 0.3 is 0 Å². The van der Waals surface area contributed by atoms with Gasteiger partial charge in [-0.15, -0.1) is 0 Å². The third kappa shape index (κ3) is 44.2. The Morgan fingerprint density at radius 3 is 0.560 bits per heavy atom. The standard InChI is InChI=1S/C50H101/c1-4-7-10-12-14-16-18-20-22-24-26-28-30-32-34-36-38-40-42-44-46-49-50(47-9-6-3)48-45-43-41-39-37-35-33-31-29-27-25-23-21-19-17-15-13-11-8-5-2/h50H,3-49H2,1-2H3. The molecule has 0 heterocycles. The van der Waals surface area contributed by atoms with Gasteiger partial charge in [-0.25, -0.2) is 0 Å². The van der Waals surface area contributed by atoms with Crippen molar-refractivity contribution in [3.8, 4) is 0 Å². The highest BCUT2D eigenvalue weighted by molar-refractivity contribution is 4.62. The molecule has 50 heavy (non-hydrogen) atoms. The molecule has 0 bridgehead atoms. The van der Waals surface area contributed by atoms with Gasteiger partial charge in [-0.3, -0.25) is 0 Å². The summed E-state index contributed by atoms with van der Waals surface area (Å²) < 4.78 is 0. The molecule has 0 aliphatic heterocycles. The largest absolute Gasteiger partial charge is 0.0654 e. The second kappa shape index (κ2) is 47.0. The van der Waals surface area contributed by atoms with Crippen molar-refractivity contribution in [2.24, 2.45) is 5.92 Å². The third-order valence-electron chi connectivity index (χ3n) is 12.0. The van der Waals surface area contributed by atoms with Gasteiger partial charge in [-0.1, -0.05) is 316 Å². The van der Waals surface area contributed by atoms with Crippen LogP contribution in [-0.4, -0.2) is 0 Å². The van der Waals surface area contributed by atoms with Crippen LogP contribution in [0.2, 0.25) is 0 Å². The highest BCUT2D eigenvalue weighted by Gasteiger charge is 2.08. The zero-order valence-electron chi connectivity index (χ0n) is 35.8. The maximum absolute atomic E-state index is 4.14. The molecule has 301 valence electrons. The Morgan fingerprint density at radius 1 is 0.220 bits per heavy atom. The maximum atomic E-state index is 4.14. The quantitative estimate of drug-likeness (QED) is 0.0554. The molecule has 0 spiro atoms. The lowest BCUT2D eigenvalue weighted by Gasteiger charge is -2.16. The molecule has 1 atom stereocenters. The molecular formula is C50H101. The molecular weight excluding hydrogens is 601 g/mol. The van der Waals surface area contributed by atoms with Crippen LogP contribution in [-0.2, 0) is 0 Å². The van der Waals surface area contributed by atoms with Crippen molar-refractivity contribution >= 4 is 0 Å². The molecule has 0 aromatic heterocycles. The van der Waals surface area contributed by atoms with E-state index < -0.39 is 0 Å². The molecule has 0 fully saturated rings. The van der Waals surface area contributed by atoms with Gasteiger partial charge in [0.25, 0.3) is 0 Å². The number of rotatable bonds is 46. The SMILES string of the molecule is [CH2]CCCC(CCCCCCCCCCCCCCCCCCCCCC)CCCCCCCCCCCCCCCCCCCCCCC. The van der Waals surface area contributed by atoms with Gasteiger partial charge in [0, 0.05) is 0 Å². The first-order chi connectivity index (χ1) is 24.8. The predicted molar refractivity (Wildman–Crippen MR) is 233 cm³/mol. The monoisotopic (exact) mass is 702 g/mol. The number of hydrogen-bond acceptors (Lipinski definition) is 0. The molecule has 0 N–H and O–H groups in total. The van der Waals surface area contributed by atoms with Crippen LogP contribution in [0.3, 0.4) is 0 Å². The van der Waals surface area contributed by atoms with E-state index in [0.717, 1.165) is 12.3 Å². The van der Waals surface area contributed by atoms with Crippen LogP contribution >= 0.6 is 0 Å². The number of hydrogen-bond donors (Lipinski definition) is 0. The minimum absolute atomic E-state index is 0.993. The third-order valence-corrected chi connectivity index (χ3v) is 12.0. The van der Waals surface area contributed by atoms with Gasteiger partial charge in [0.15, 0.2) is 0 Å². The van der Waals surface area contributed by atoms with Crippen LogP contribution in [0, 0.1) is 12.8 Å². The molecule has 1 radical (unpaired) electrons. The topological polar surface area (TPSA) is 0 Å². The van der Waals surface area contributed by atoms with Gasteiger partial charge in [-0.05, 0) is 5.92 Å². The van der Waals surface area contributed by atoms with E-state index in [9.17, 15) is 0 Å². The summed E-state index contributed by atoms with van der Waals surface area (Å²) in [5, 5.41) is 0. The summed E-state index contributed by atoms with van der Waals surface area (Å²) in [6, 6.07) is 0. The summed E-state index contributed by atoms with van der Waals surface area (Å²) in [7, 11) is 0. The number of unbranched alkanes of at least 4 members (excludes halogenated alkanes) is 40. The summed E-state index contributed by atoms with van der Waals surface area (Å²) in [4.78, 5) is 0. The normalized spacial score (nSPS) is 12.3. The molecule has 0 aromatic rings. The fraction of sp³-hybridized carbons (Fsp3) is 0.980. The predicted octanol–water partition coefficient (Wildman–Crippen LogP) is 19.4. The Bertz CT molecular complexity index is 550. The van der Waals surface area contributed by atoms with Crippen LogP contribution < -0.4 is 0 Å².